The molecule has 5 nitrogen and oxygen atoms in total. The molecule has 6 heteroatoms. The van der Waals surface area contributed by atoms with Gasteiger partial charge in [0, 0.05) is 45.0 Å². The van der Waals surface area contributed by atoms with Crippen LogP contribution in [-0.4, -0.2) is 64.7 Å². The van der Waals surface area contributed by atoms with Gasteiger partial charge in [-0.2, -0.15) is 0 Å². The molecule has 1 saturated carbocycles. The smallest absolute Gasteiger partial charge is 0.270 e. The second kappa shape index (κ2) is 5.76. The highest BCUT2D eigenvalue weighted by Gasteiger charge is 2.30. The number of halogens is 1. The Morgan fingerprint density at radius 1 is 1.30 bits per heavy atom. The van der Waals surface area contributed by atoms with E-state index in [0.29, 0.717) is 36.4 Å². The zero-order chi connectivity index (χ0) is 14.1. The molecule has 1 N–H and O–H groups in total. The summed E-state index contributed by atoms with van der Waals surface area (Å²) in [4.78, 5) is 16.7. The lowest BCUT2D eigenvalue weighted by Crippen LogP contribution is -2.49. The van der Waals surface area contributed by atoms with Crippen molar-refractivity contribution in [3.8, 4) is 0 Å². The van der Waals surface area contributed by atoms with Gasteiger partial charge in [-0.15, -0.1) is 0 Å². The number of hydrogen-bond donors (Lipinski definition) is 1. The lowest BCUT2D eigenvalue weighted by molar-refractivity contribution is 0.0604. The van der Waals surface area contributed by atoms with E-state index in [1.807, 2.05) is 15.7 Å². The summed E-state index contributed by atoms with van der Waals surface area (Å²) < 4.78 is 2.03. The Hall–Kier alpha value is -1.04. The van der Waals surface area contributed by atoms with E-state index in [-0.39, 0.29) is 12.5 Å². The summed E-state index contributed by atoms with van der Waals surface area (Å²) in [5, 5.41) is 9.58. The van der Waals surface area contributed by atoms with Crippen LogP contribution in [0.15, 0.2) is 12.3 Å². The van der Waals surface area contributed by atoms with Gasteiger partial charge >= 0.3 is 0 Å². The van der Waals surface area contributed by atoms with Gasteiger partial charge in [0.15, 0.2) is 0 Å². The van der Waals surface area contributed by atoms with Crippen LogP contribution in [0.3, 0.4) is 0 Å². The van der Waals surface area contributed by atoms with Gasteiger partial charge in [-0.05, 0) is 18.9 Å². The van der Waals surface area contributed by atoms with Crippen LogP contribution >= 0.6 is 11.6 Å². The van der Waals surface area contributed by atoms with Gasteiger partial charge in [-0.3, -0.25) is 9.69 Å². The molecule has 1 aromatic rings. The molecule has 0 unspecified atom stereocenters. The van der Waals surface area contributed by atoms with Gasteiger partial charge in [0.2, 0.25) is 0 Å². The number of piperazine rings is 1. The summed E-state index contributed by atoms with van der Waals surface area (Å²) in [7, 11) is 0. The van der Waals surface area contributed by atoms with E-state index in [1.165, 1.54) is 0 Å². The second-order valence-electron chi connectivity index (χ2n) is 5.54. The number of aliphatic hydroxyl groups excluding tert-OH is 1. The second-order valence-corrected chi connectivity index (χ2v) is 5.98. The SMILES string of the molecule is O=C(c1cc(Cl)cn1C1CC1)N1CCN(CCO)CC1. The number of nitrogens with zero attached hydrogens (tertiary/aromatic N) is 3. The van der Waals surface area contributed by atoms with E-state index < -0.39 is 0 Å². The maximum absolute atomic E-state index is 12.6. The van der Waals surface area contributed by atoms with Gasteiger partial charge in [-0.25, -0.2) is 0 Å². The van der Waals surface area contributed by atoms with E-state index in [1.54, 1.807) is 6.07 Å². The molecule has 1 aliphatic carbocycles. The Morgan fingerprint density at radius 2 is 2.00 bits per heavy atom. The molecule has 1 aliphatic heterocycles. The highest BCUT2D eigenvalue weighted by Crippen LogP contribution is 2.37. The first-order chi connectivity index (χ1) is 9.69. The maximum Gasteiger partial charge on any atom is 0.270 e. The number of rotatable bonds is 4. The number of amides is 1. The van der Waals surface area contributed by atoms with Crippen molar-refractivity contribution in [2.24, 2.45) is 0 Å². The van der Waals surface area contributed by atoms with Gasteiger partial charge in [0.25, 0.3) is 5.91 Å². The molecule has 1 aromatic heterocycles. The Bertz CT molecular complexity index is 491. The third-order valence-electron chi connectivity index (χ3n) is 4.05. The van der Waals surface area contributed by atoms with Crippen LogP contribution in [0, 0.1) is 0 Å². The number of aliphatic hydroxyl groups is 1. The molecule has 0 aromatic carbocycles. The van der Waals surface area contributed by atoms with Crippen molar-refractivity contribution < 1.29 is 9.90 Å². The zero-order valence-electron chi connectivity index (χ0n) is 11.5. The quantitative estimate of drug-likeness (QED) is 0.909. The molecular formula is C14H20ClN3O2. The fourth-order valence-corrected chi connectivity index (χ4v) is 2.96. The topological polar surface area (TPSA) is 48.7 Å². The molecule has 1 amide bonds. The van der Waals surface area contributed by atoms with Crippen molar-refractivity contribution in [1.29, 1.82) is 0 Å². The number of aromatic nitrogens is 1. The third-order valence-corrected chi connectivity index (χ3v) is 4.26. The minimum Gasteiger partial charge on any atom is -0.395 e. The van der Waals surface area contributed by atoms with Crippen molar-refractivity contribution in [1.82, 2.24) is 14.4 Å². The molecular weight excluding hydrogens is 278 g/mol. The molecule has 0 radical (unpaired) electrons. The normalized spacial score (nSPS) is 20.4. The lowest BCUT2D eigenvalue weighted by atomic mass is 10.2. The standard InChI is InChI=1S/C14H20ClN3O2/c15-11-9-13(18(10-11)12-1-2-12)14(20)17-5-3-16(4-6-17)7-8-19/h9-10,12,19H,1-8H2. The zero-order valence-corrected chi connectivity index (χ0v) is 12.2. The fraction of sp³-hybridized carbons (Fsp3) is 0.643. The Labute approximate surface area is 123 Å². The number of carbonyl (C=O) groups excluding carboxylic acids is 1. The average molecular weight is 298 g/mol. The minimum absolute atomic E-state index is 0.0763. The highest BCUT2D eigenvalue weighted by molar-refractivity contribution is 6.31. The predicted octanol–water partition coefficient (Wildman–Crippen LogP) is 1.23. The molecule has 20 heavy (non-hydrogen) atoms. The Balaban J connectivity index is 1.67. The number of carbonyl (C=O) groups is 1. The lowest BCUT2D eigenvalue weighted by Gasteiger charge is -2.34. The van der Waals surface area contributed by atoms with E-state index >= 15 is 0 Å². The van der Waals surface area contributed by atoms with Crippen LogP contribution < -0.4 is 0 Å². The van der Waals surface area contributed by atoms with E-state index in [2.05, 4.69) is 4.90 Å². The largest absolute Gasteiger partial charge is 0.395 e. The molecule has 0 atom stereocenters. The maximum atomic E-state index is 12.6. The molecule has 110 valence electrons. The Morgan fingerprint density at radius 3 is 2.60 bits per heavy atom. The van der Waals surface area contributed by atoms with Crippen LogP contribution in [0.4, 0.5) is 0 Å². The summed E-state index contributed by atoms with van der Waals surface area (Å²) in [6.45, 7) is 3.94. The summed E-state index contributed by atoms with van der Waals surface area (Å²) in [5.74, 6) is 0.0763. The van der Waals surface area contributed by atoms with Crippen molar-refractivity contribution in [3.05, 3.63) is 23.0 Å². The van der Waals surface area contributed by atoms with Crippen molar-refractivity contribution >= 4 is 17.5 Å². The van der Waals surface area contributed by atoms with Crippen molar-refractivity contribution in [3.63, 3.8) is 0 Å². The number of hydrogen-bond acceptors (Lipinski definition) is 3. The molecule has 0 bridgehead atoms. The van der Waals surface area contributed by atoms with Gasteiger partial charge in [0.05, 0.1) is 11.6 Å². The summed E-state index contributed by atoms with van der Waals surface area (Å²) >= 11 is 6.06. The summed E-state index contributed by atoms with van der Waals surface area (Å²) in [5.41, 5.74) is 0.716. The molecule has 3 rings (SSSR count). The van der Waals surface area contributed by atoms with Crippen LogP contribution in [0.25, 0.3) is 0 Å². The van der Waals surface area contributed by atoms with Crippen molar-refractivity contribution in [2.45, 2.75) is 18.9 Å². The molecule has 2 heterocycles. The van der Waals surface area contributed by atoms with E-state index in [9.17, 15) is 4.79 Å². The molecule has 2 fully saturated rings. The molecule has 0 spiro atoms. The molecule has 2 aliphatic rings. The van der Waals surface area contributed by atoms with E-state index in [0.717, 1.165) is 25.9 Å². The average Bonchev–Trinajstić information content (AvgIpc) is 3.22. The minimum atomic E-state index is 0.0763. The van der Waals surface area contributed by atoms with Crippen LogP contribution in [0.1, 0.15) is 29.4 Å². The summed E-state index contributed by atoms with van der Waals surface area (Å²) in [6, 6.07) is 2.24. The van der Waals surface area contributed by atoms with Crippen LogP contribution in [-0.2, 0) is 0 Å². The van der Waals surface area contributed by atoms with Gasteiger partial charge < -0.3 is 14.6 Å². The first-order valence-corrected chi connectivity index (χ1v) is 7.56. The van der Waals surface area contributed by atoms with Crippen LogP contribution in [0.5, 0.6) is 0 Å². The van der Waals surface area contributed by atoms with Crippen molar-refractivity contribution in [2.75, 3.05) is 39.3 Å². The molecule has 1 saturated heterocycles. The third kappa shape index (κ3) is 2.85. The summed E-state index contributed by atoms with van der Waals surface area (Å²) in [6.07, 6.45) is 4.14. The first-order valence-electron chi connectivity index (χ1n) is 7.19. The first kappa shape index (κ1) is 13.9. The monoisotopic (exact) mass is 297 g/mol. The fourth-order valence-electron chi connectivity index (χ4n) is 2.75. The Kier molecular flexibility index (Phi) is 4.01. The van der Waals surface area contributed by atoms with Gasteiger partial charge in [-0.1, -0.05) is 11.6 Å². The van der Waals surface area contributed by atoms with Gasteiger partial charge in [0.1, 0.15) is 5.69 Å². The predicted molar refractivity (Wildman–Crippen MR) is 77.1 cm³/mol. The van der Waals surface area contributed by atoms with Crippen LogP contribution in [0.2, 0.25) is 5.02 Å². The number of β-amino-alcohol motifs (C(OH)–C–C–N with tert-alkyl or cyclic N) is 1. The highest BCUT2D eigenvalue weighted by atomic mass is 35.5. The van der Waals surface area contributed by atoms with E-state index in [4.69, 9.17) is 16.7 Å².